The second-order valence-electron chi connectivity index (χ2n) is 4.68. The van der Waals surface area contributed by atoms with E-state index in [1.54, 1.807) is 18.2 Å². The molecular weight excluding hydrogens is 340 g/mol. The van der Waals surface area contributed by atoms with E-state index >= 15 is 0 Å². The number of nitrogens with one attached hydrogen (secondary N) is 2. The molecule has 1 aliphatic rings. The van der Waals surface area contributed by atoms with E-state index in [9.17, 15) is 4.79 Å². The Bertz CT molecular complexity index is 650. The van der Waals surface area contributed by atoms with Crippen molar-refractivity contribution in [1.29, 1.82) is 0 Å². The molecule has 3 rings (SSSR count). The lowest BCUT2D eigenvalue weighted by Gasteiger charge is -2.12. The molecule has 1 aliphatic heterocycles. The zero-order valence-corrected chi connectivity index (χ0v) is 12.8. The Morgan fingerprint density at radius 1 is 1.30 bits per heavy atom. The first-order valence-electron chi connectivity index (χ1n) is 6.24. The fourth-order valence-corrected chi connectivity index (χ4v) is 2.76. The Morgan fingerprint density at radius 2 is 2.10 bits per heavy atom. The van der Waals surface area contributed by atoms with Gasteiger partial charge in [-0.2, -0.15) is 0 Å². The first kappa shape index (κ1) is 13.5. The summed E-state index contributed by atoms with van der Waals surface area (Å²) in [6, 6.07) is 13.1. The van der Waals surface area contributed by atoms with Crippen LogP contribution in [0.1, 0.15) is 5.56 Å². The molecule has 0 fully saturated rings. The lowest BCUT2D eigenvalue weighted by molar-refractivity contribution is -0.116. The van der Waals surface area contributed by atoms with Crippen molar-refractivity contribution >= 4 is 44.8 Å². The molecule has 2 aromatic carbocycles. The number of carbonyl (C=O) groups excluding carboxylic acids is 1. The number of hydrogen-bond donors (Lipinski definition) is 2. The lowest BCUT2D eigenvalue weighted by Crippen LogP contribution is -2.32. The Kier molecular flexibility index (Phi) is 3.68. The number of para-hydroxylation sites is 1. The second-order valence-corrected chi connectivity index (χ2v) is 5.94. The molecule has 3 nitrogen and oxygen atoms in total. The standard InChI is InChI=1S/C15H12BrClN2O/c16-11-8-10(5-6-12(11)17)18-15(20)14-7-9-3-1-2-4-13(9)19-14/h1-6,8,14,19H,7H2,(H,18,20). The quantitative estimate of drug-likeness (QED) is 0.856. The normalized spacial score (nSPS) is 16.4. The molecule has 1 atom stereocenters. The van der Waals surface area contributed by atoms with E-state index in [4.69, 9.17) is 11.6 Å². The van der Waals surface area contributed by atoms with Gasteiger partial charge in [0.15, 0.2) is 0 Å². The van der Waals surface area contributed by atoms with Gasteiger partial charge in [0.1, 0.15) is 6.04 Å². The van der Waals surface area contributed by atoms with Crippen LogP contribution in [0.4, 0.5) is 11.4 Å². The van der Waals surface area contributed by atoms with Gasteiger partial charge in [0.25, 0.3) is 0 Å². The summed E-state index contributed by atoms with van der Waals surface area (Å²) < 4.78 is 0.764. The molecule has 0 aliphatic carbocycles. The summed E-state index contributed by atoms with van der Waals surface area (Å²) in [6.07, 6.45) is 0.705. The van der Waals surface area contributed by atoms with Crippen LogP contribution in [0.25, 0.3) is 0 Å². The topological polar surface area (TPSA) is 41.1 Å². The van der Waals surface area contributed by atoms with Crippen molar-refractivity contribution in [2.75, 3.05) is 10.6 Å². The molecule has 5 heteroatoms. The molecule has 2 N–H and O–H groups in total. The number of amides is 1. The van der Waals surface area contributed by atoms with Gasteiger partial charge >= 0.3 is 0 Å². The van der Waals surface area contributed by atoms with Gasteiger partial charge in [-0.3, -0.25) is 4.79 Å². The summed E-state index contributed by atoms with van der Waals surface area (Å²) in [4.78, 5) is 12.3. The Hall–Kier alpha value is -1.52. The van der Waals surface area contributed by atoms with Crippen molar-refractivity contribution in [3.8, 4) is 0 Å². The molecule has 1 heterocycles. The van der Waals surface area contributed by atoms with E-state index in [-0.39, 0.29) is 11.9 Å². The largest absolute Gasteiger partial charge is 0.373 e. The van der Waals surface area contributed by atoms with E-state index < -0.39 is 0 Å². The zero-order chi connectivity index (χ0) is 14.1. The smallest absolute Gasteiger partial charge is 0.247 e. The van der Waals surface area contributed by atoms with Gasteiger partial charge in [-0.25, -0.2) is 0 Å². The van der Waals surface area contributed by atoms with E-state index in [2.05, 4.69) is 26.6 Å². The molecular formula is C15H12BrClN2O. The maximum absolute atomic E-state index is 12.3. The van der Waals surface area contributed by atoms with Crippen molar-refractivity contribution in [3.63, 3.8) is 0 Å². The van der Waals surface area contributed by atoms with E-state index in [0.717, 1.165) is 15.8 Å². The zero-order valence-electron chi connectivity index (χ0n) is 10.5. The third kappa shape index (κ3) is 2.67. The maximum atomic E-state index is 12.3. The van der Waals surface area contributed by atoms with Gasteiger partial charge in [0, 0.05) is 22.3 Å². The van der Waals surface area contributed by atoms with Gasteiger partial charge in [0.2, 0.25) is 5.91 Å². The molecule has 1 amide bonds. The minimum atomic E-state index is -0.234. The summed E-state index contributed by atoms with van der Waals surface area (Å²) in [6.45, 7) is 0. The minimum Gasteiger partial charge on any atom is -0.373 e. The maximum Gasteiger partial charge on any atom is 0.247 e. The highest BCUT2D eigenvalue weighted by atomic mass is 79.9. The highest BCUT2D eigenvalue weighted by Gasteiger charge is 2.26. The van der Waals surface area contributed by atoms with Crippen molar-refractivity contribution in [2.45, 2.75) is 12.5 Å². The molecule has 0 radical (unpaired) electrons. The van der Waals surface area contributed by atoms with Crippen LogP contribution in [-0.4, -0.2) is 11.9 Å². The fourth-order valence-electron chi connectivity index (χ4n) is 2.26. The number of benzene rings is 2. The Balaban J connectivity index is 1.71. The van der Waals surface area contributed by atoms with Gasteiger partial charge in [-0.1, -0.05) is 29.8 Å². The van der Waals surface area contributed by atoms with E-state index in [1.165, 1.54) is 5.56 Å². The molecule has 0 aromatic heterocycles. The first-order valence-corrected chi connectivity index (χ1v) is 7.41. The lowest BCUT2D eigenvalue weighted by atomic mass is 10.1. The van der Waals surface area contributed by atoms with Crippen LogP contribution >= 0.6 is 27.5 Å². The molecule has 0 spiro atoms. The second kappa shape index (κ2) is 5.46. The molecule has 20 heavy (non-hydrogen) atoms. The molecule has 0 saturated carbocycles. The number of hydrogen-bond acceptors (Lipinski definition) is 2. The van der Waals surface area contributed by atoms with E-state index in [0.29, 0.717) is 11.4 Å². The average molecular weight is 352 g/mol. The molecule has 102 valence electrons. The van der Waals surface area contributed by atoms with Crippen molar-refractivity contribution in [2.24, 2.45) is 0 Å². The van der Waals surface area contributed by atoms with Crippen LogP contribution in [0.2, 0.25) is 5.02 Å². The molecule has 0 bridgehead atoms. The third-order valence-corrected chi connectivity index (χ3v) is 4.49. The van der Waals surface area contributed by atoms with Gasteiger partial charge in [-0.15, -0.1) is 0 Å². The summed E-state index contributed by atoms with van der Waals surface area (Å²) in [5.41, 5.74) is 2.93. The summed E-state index contributed by atoms with van der Waals surface area (Å²) in [5.74, 6) is -0.0459. The predicted molar refractivity (Wildman–Crippen MR) is 85.3 cm³/mol. The summed E-state index contributed by atoms with van der Waals surface area (Å²) in [7, 11) is 0. The van der Waals surface area contributed by atoms with Crippen LogP contribution in [0.15, 0.2) is 46.9 Å². The summed E-state index contributed by atoms with van der Waals surface area (Å²) in [5, 5.41) is 6.75. The molecule has 1 unspecified atom stereocenters. The van der Waals surface area contributed by atoms with E-state index in [1.807, 2.05) is 24.3 Å². The first-order chi connectivity index (χ1) is 9.63. The Morgan fingerprint density at radius 3 is 2.85 bits per heavy atom. The SMILES string of the molecule is O=C(Nc1ccc(Cl)c(Br)c1)C1Cc2ccccc2N1. The van der Waals surface area contributed by atoms with Crippen LogP contribution < -0.4 is 10.6 Å². The number of anilines is 2. The van der Waals surface area contributed by atoms with Crippen molar-refractivity contribution < 1.29 is 4.79 Å². The van der Waals surface area contributed by atoms with Crippen molar-refractivity contribution in [3.05, 3.63) is 57.5 Å². The third-order valence-electron chi connectivity index (χ3n) is 3.27. The molecule has 2 aromatic rings. The van der Waals surface area contributed by atoms with Crippen molar-refractivity contribution in [1.82, 2.24) is 0 Å². The average Bonchev–Trinajstić information content (AvgIpc) is 2.87. The molecule has 0 saturated heterocycles. The number of carbonyl (C=O) groups is 1. The van der Waals surface area contributed by atoms with Crippen LogP contribution in [0.3, 0.4) is 0 Å². The van der Waals surface area contributed by atoms with Crippen LogP contribution in [0.5, 0.6) is 0 Å². The van der Waals surface area contributed by atoms with Gasteiger partial charge in [-0.05, 0) is 45.8 Å². The van der Waals surface area contributed by atoms with Gasteiger partial charge in [0.05, 0.1) is 5.02 Å². The fraction of sp³-hybridized carbons (Fsp3) is 0.133. The number of fused-ring (bicyclic) bond motifs is 1. The van der Waals surface area contributed by atoms with Crippen LogP contribution in [-0.2, 0) is 11.2 Å². The summed E-state index contributed by atoms with van der Waals surface area (Å²) >= 11 is 9.28. The van der Waals surface area contributed by atoms with Crippen LogP contribution in [0, 0.1) is 0 Å². The number of rotatable bonds is 2. The minimum absolute atomic E-state index is 0.0459. The Labute approximate surface area is 130 Å². The highest BCUT2D eigenvalue weighted by molar-refractivity contribution is 9.10. The monoisotopic (exact) mass is 350 g/mol. The van der Waals surface area contributed by atoms with Gasteiger partial charge < -0.3 is 10.6 Å². The highest BCUT2D eigenvalue weighted by Crippen LogP contribution is 2.28. The number of halogens is 2. The predicted octanol–water partition coefficient (Wildman–Crippen LogP) is 4.08.